The van der Waals surface area contributed by atoms with Crippen LogP contribution in [0, 0.1) is 11.8 Å². The van der Waals surface area contributed by atoms with Gasteiger partial charge in [-0.2, -0.15) is 5.10 Å². The number of ether oxygens (including phenoxy) is 2. The highest BCUT2D eigenvalue weighted by Crippen LogP contribution is 2.26. The van der Waals surface area contributed by atoms with Gasteiger partial charge in [0.2, 0.25) is 0 Å². The van der Waals surface area contributed by atoms with Gasteiger partial charge in [0.1, 0.15) is 11.5 Å². The molecule has 31 heavy (non-hydrogen) atoms. The SMILES string of the molecule is COc1ccc(Cn2ncc3cc(C(=O)N(CC(C)C)CC(C)C)cnc32)c(OC)c1. The molecular weight excluding hydrogens is 392 g/mol. The first-order valence-electron chi connectivity index (χ1n) is 10.6. The number of benzene rings is 1. The lowest BCUT2D eigenvalue weighted by Crippen LogP contribution is -2.37. The molecule has 0 aliphatic rings. The Balaban J connectivity index is 1.87. The fourth-order valence-electron chi connectivity index (χ4n) is 3.65. The van der Waals surface area contributed by atoms with Crippen LogP contribution in [0.2, 0.25) is 0 Å². The maximum absolute atomic E-state index is 13.1. The van der Waals surface area contributed by atoms with Gasteiger partial charge in [0, 0.05) is 36.3 Å². The molecule has 3 aromatic rings. The standard InChI is InChI=1S/C24H32N4O3/c1-16(2)13-27(14-17(3)4)24(29)20-9-19-12-26-28(23(19)25-11-20)15-18-7-8-21(30-5)10-22(18)31-6/h7-12,16-17H,13-15H2,1-6H3. The maximum Gasteiger partial charge on any atom is 0.255 e. The number of pyridine rings is 1. The topological polar surface area (TPSA) is 69.5 Å². The summed E-state index contributed by atoms with van der Waals surface area (Å²) in [7, 11) is 3.26. The largest absolute Gasteiger partial charge is 0.497 e. The molecule has 0 fully saturated rings. The Labute approximate surface area is 184 Å². The average Bonchev–Trinajstić information content (AvgIpc) is 3.14. The molecule has 0 bridgehead atoms. The number of nitrogens with zero attached hydrogens (tertiary/aromatic N) is 4. The molecule has 7 heteroatoms. The summed E-state index contributed by atoms with van der Waals surface area (Å²) >= 11 is 0. The third-order valence-electron chi connectivity index (χ3n) is 5.00. The summed E-state index contributed by atoms with van der Waals surface area (Å²) in [6.45, 7) is 10.5. The number of aromatic nitrogens is 3. The fourth-order valence-corrected chi connectivity index (χ4v) is 3.65. The van der Waals surface area contributed by atoms with Gasteiger partial charge in [-0.1, -0.05) is 27.7 Å². The van der Waals surface area contributed by atoms with E-state index in [2.05, 4.69) is 37.8 Å². The van der Waals surface area contributed by atoms with E-state index in [1.165, 1.54) is 0 Å². The monoisotopic (exact) mass is 424 g/mol. The lowest BCUT2D eigenvalue weighted by Gasteiger charge is -2.26. The number of rotatable bonds is 9. The highest BCUT2D eigenvalue weighted by atomic mass is 16.5. The van der Waals surface area contributed by atoms with Gasteiger partial charge in [-0.15, -0.1) is 0 Å². The molecule has 0 radical (unpaired) electrons. The normalized spacial score (nSPS) is 11.4. The Morgan fingerprint density at radius 2 is 1.74 bits per heavy atom. The highest BCUT2D eigenvalue weighted by Gasteiger charge is 2.20. The summed E-state index contributed by atoms with van der Waals surface area (Å²) in [5.74, 6) is 2.29. The second-order valence-corrected chi connectivity index (χ2v) is 8.61. The molecule has 0 aliphatic carbocycles. The van der Waals surface area contributed by atoms with Crippen LogP contribution in [0.3, 0.4) is 0 Å². The Morgan fingerprint density at radius 3 is 2.35 bits per heavy atom. The molecule has 0 unspecified atom stereocenters. The summed E-state index contributed by atoms with van der Waals surface area (Å²) < 4.78 is 12.6. The Hall–Kier alpha value is -3.09. The van der Waals surface area contributed by atoms with Crippen molar-refractivity contribution in [1.29, 1.82) is 0 Å². The van der Waals surface area contributed by atoms with Crippen LogP contribution in [-0.2, 0) is 6.54 Å². The van der Waals surface area contributed by atoms with Crippen molar-refractivity contribution in [2.75, 3.05) is 27.3 Å². The van der Waals surface area contributed by atoms with Crippen LogP contribution in [0.5, 0.6) is 11.5 Å². The first kappa shape index (κ1) is 22.6. The summed E-state index contributed by atoms with van der Waals surface area (Å²) in [6, 6.07) is 7.58. The zero-order valence-corrected chi connectivity index (χ0v) is 19.3. The van der Waals surface area contributed by atoms with Crippen molar-refractivity contribution < 1.29 is 14.3 Å². The Kier molecular flexibility index (Phi) is 7.15. The third-order valence-corrected chi connectivity index (χ3v) is 5.00. The zero-order chi connectivity index (χ0) is 22.5. The average molecular weight is 425 g/mol. The van der Waals surface area contributed by atoms with E-state index in [1.807, 2.05) is 33.8 Å². The molecule has 0 N–H and O–H groups in total. The fraction of sp³-hybridized carbons (Fsp3) is 0.458. The zero-order valence-electron chi connectivity index (χ0n) is 19.3. The van der Waals surface area contributed by atoms with E-state index in [0.29, 0.717) is 23.9 Å². The molecule has 2 aromatic heterocycles. The van der Waals surface area contributed by atoms with Crippen LogP contribution in [0.15, 0.2) is 36.7 Å². The smallest absolute Gasteiger partial charge is 0.255 e. The van der Waals surface area contributed by atoms with E-state index in [-0.39, 0.29) is 5.91 Å². The van der Waals surface area contributed by atoms with Crippen molar-refractivity contribution in [2.45, 2.75) is 34.2 Å². The maximum atomic E-state index is 13.1. The number of carbonyl (C=O) groups is 1. The minimum atomic E-state index is 0.0152. The van der Waals surface area contributed by atoms with Gasteiger partial charge >= 0.3 is 0 Å². The van der Waals surface area contributed by atoms with Gasteiger partial charge in [-0.3, -0.25) is 4.79 Å². The van der Waals surface area contributed by atoms with Gasteiger partial charge in [-0.25, -0.2) is 9.67 Å². The van der Waals surface area contributed by atoms with Crippen molar-refractivity contribution in [3.8, 4) is 11.5 Å². The number of methoxy groups -OCH3 is 2. The van der Waals surface area contributed by atoms with Gasteiger partial charge < -0.3 is 14.4 Å². The van der Waals surface area contributed by atoms with Crippen molar-refractivity contribution in [1.82, 2.24) is 19.7 Å². The predicted molar refractivity (Wildman–Crippen MR) is 122 cm³/mol. The summed E-state index contributed by atoms with van der Waals surface area (Å²) in [4.78, 5) is 19.6. The minimum Gasteiger partial charge on any atom is -0.497 e. The van der Waals surface area contributed by atoms with Crippen LogP contribution in [0.4, 0.5) is 0 Å². The lowest BCUT2D eigenvalue weighted by atomic mass is 10.1. The van der Waals surface area contributed by atoms with E-state index in [9.17, 15) is 4.79 Å². The van der Waals surface area contributed by atoms with Crippen LogP contribution in [-0.4, -0.2) is 52.9 Å². The van der Waals surface area contributed by atoms with Crippen molar-refractivity contribution in [2.24, 2.45) is 11.8 Å². The van der Waals surface area contributed by atoms with Gasteiger partial charge in [-0.05, 0) is 30.0 Å². The van der Waals surface area contributed by atoms with Gasteiger partial charge in [0.15, 0.2) is 5.65 Å². The molecule has 3 rings (SSSR count). The molecule has 1 amide bonds. The molecule has 7 nitrogen and oxygen atoms in total. The highest BCUT2D eigenvalue weighted by molar-refractivity contribution is 5.96. The first-order valence-corrected chi connectivity index (χ1v) is 10.6. The Morgan fingerprint density at radius 1 is 1.03 bits per heavy atom. The van der Waals surface area contributed by atoms with E-state index >= 15 is 0 Å². The second kappa shape index (κ2) is 9.81. The molecule has 2 heterocycles. The quantitative estimate of drug-likeness (QED) is 0.514. The number of fused-ring (bicyclic) bond motifs is 1. The number of amides is 1. The summed E-state index contributed by atoms with van der Waals surface area (Å²) in [6.07, 6.45) is 3.41. The number of carbonyl (C=O) groups excluding carboxylic acids is 1. The van der Waals surface area contributed by atoms with E-state index in [1.54, 1.807) is 26.6 Å². The molecule has 0 saturated carbocycles. The molecule has 0 aliphatic heterocycles. The van der Waals surface area contributed by atoms with Crippen molar-refractivity contribution >= 4 is 16.9 Å². The van der Waals surface area contributed by atoms with Crippen LogP contribution >= 0.6 is 0 Å². The number of hydrogen-bond donors (Lipinski definition) is 0. The second-order valence-electron chi connectivity index (χ2n) is 8.61. The third kappa shape index (κ3) is 5.34. The van der Waals surface area contributed by atoms with Gasteiger partial charge in [0.05, 0.1) is 32.5 Å². The van der Waals surface area contributed by atoms with E-state index in [4.69, 9.17) is 9.47 Å². The Bertz CT molecular complexity index is 1030. The molecule has 0 spiro atoms. The van der Waals surface area contributed by atoms with Gasteiger partial charge in [0.25, 0.3) is 5.91 Å². The minimum absolute atomic E-state index is 0.0152. The van der Waals surface area contributed by atoms with Crippen molar-refractivity contribution in [3.63, 3.8) is 0 Å². The first-order chi connectivity index (χ1) is 14.8. The summed E-state index contributed by atoms with van der Waals surface area (Å²) in [5.41, 5.74) is 2.29. The van der Waals surface area contributed by atoms with E-state index in [0.717, 1.165) is 41.2 Å². The summed E-state index contributed by atoms with van der Waals surface area (Å²) in [5, 5.41) is 5.33. The molecule has 0 atom stereocenters. The molecule has 166 valence electrons. The molecule has 1 aromatic carbocycles. The predicted octanol–water partition coefficient (Wildman–Crippen LogP) is 4.25. The molecular formula is C24H32N4O3. The van der Waals surface area contributed by atoms with E-state index < -0.39 is 0 Å². The van der Waals surface area contributed by atoms with Crippen LogP contribution in [0.25, 0.3) is 11.0 Å². The number of hydrogen-bond acceptors (Lipinski definition) is 5. The van der Waals surface area contributed by atoms with Crippen LogP contribution in [0.1, 0.15) is 43.6 Å². The van der Waals surface area contributed by atoms with Crippen LogP contribution < -0.4 is 9.47 Å². The van der Waals surface area contributed by atoms with Crippen molar-refractivity contribution in [3.05, 3.63) is 47.8 Å². The molecule has 0 saturated heterocycles. The lowest BCUT2D eigenvalue weighted by molar-refractivity contribution is 0.0715.